The number of hydrogen-bond acceptors (Lipinski definition) is 7. The van der Waals surface area contributed by atoms with E-state index in [0.29, 0.717) is 41.0 Å². The fourth-order valence-electron chi connectivity index (χ4n) is 6.92. The second-order valence-corrected chi connectivity index (χ2v) is 15.2. The largest absolute Gasteiger partial charge is 0.359 e. The third-order valence-corrected chi connectivity index (χ3v) is 11.4. The number of benzene rings is 3. The Bertz CT molecular complexity index is 2090. The van der Waals surface area contributed by atoms with Gasteiger partial charge in [0.25, 0.3) is 15.9 Å². The van der Waals surface area contributed by atoms with E-state index >= 15 is 0 Å². The van der Waals surface area contributed by atoms with Gasteiger partial charge in [-0.05, 0) is 67.5 Å². The molecule has 2 heterocycles. The molecule has 0 bridgehead atoms. The van der Waals surface area contributed by atoms with Crippen molar-refractivity contribution in [1.82, 2.24) is 15.0 Å². The number of carbonyl (C=O) groups excluding carboxylic acids is 2. The van der Waals surface area contributed by atoms with Crippen LogP contribution in [0.3, 0.4) is 0 Å². The van der Waals surface area contributed by atoms with Crippen LogP contribution in [0.25, 0.3) is 11.1 Å². The Morgan fingerprint density at radius 2 is 1.75 bits per heavy atom. The van der Waals surface area contributed by atoms with E-state index in [1.807, 2.05) is 23.1 Å². The molecule has 6 rings (SSSR count). The molecule has 51 heavy (non-hydrogen) atoms. The molecule has 1 aliphatic heterocycles. The molecule has 4 aromatic rings. The molecule has 0 atom stereocenters. The fraction of sp³-hybridized carbons (Fsp3) is 0.385. The van der Waals surface area contributed by atoms with Crippen molar-refractivity contribution >= 4 is 33.5 Å². The van der Waals surface area contributed by atoms with Crippen LogP contribution in [0.5, 0.6) is 0 Å². The number of aryl methyl sites for hydroxylation is 1. The number of likely N-dealkylation sites (N-methyl/N-ethyl adjacent to an activating group) is 1. The number of amidine groups is 1. The molecule has 3 aromatic carbocycles. The Kier molecular flexibility index (Phi) is 10.4. The number of hydrogen-bond donors (Lipinski definition) is 1. The summed E-state index contributed by atoms with van der Waals surface area (Å²) < 4.78 is 50.0. The lowest BCUT2D eigenvalue weighted by molar-refractivity contribution is -0.131. The number of nitrogens with zero attached hydrogens (tertiary/aromatic N) is 4. The Hall–Kier alpha value is -4.84. The number of carbonyl (C=O) groups is 2. The van der Waals surface area contributed by atoms with Crippen molar-refractivity contribution in [1.29, 1.82) is 0 Å². The lowest BCUT2D eigenvalue weighted by Gasteiger charge is -2.24. The number of halogens is 1. The molecule has 10 nitrogen and oxygen atoms in total. The predicted molar refractivity (Wildman–Crippen MR) is 194 cm³/mol. The lowest BCUT2D eigenvalue weighted by Crippen LogP contribution is -2.40. The van der Waals surface area contributed by atoms with E-state index < -0.39 is 21.4 Å². The van der Waals surface area contributed by atoms with E-state index in [1.54, 1.807) is 57.3 Å². The van der Waals surface area contributed by atoms with Gasteiger partial charge in [-0.25, -0.2) is 12.8 Å². The Morgan fingerprint density at radius 1 is 1.02 bits per heavy atom. The van der Waals surface area contributed by atoms with E-state index in [4.69, 9.17) is 9.52 Å². The summed E-state index contributed by atoms with van der Waals surface area (Å²) in [4.78, 5) is 35.7. The summed E-state index contributed by atoms with van der Waals surface area (Å²) in [6.45, 7) is 5.94. The second-order valence-electron chi connectivity index (χ2n) is 13.6. The first kappa shape index (κ1) is 36.0. The minimum Gasteiger partial charge on any atom is -0.359 e. The standard InChI is InChI=1S/C39H44FN5O5S/c1-5-6-17-35-41-39(20-11-12-21-39)38(47)45(35)24-28-18-19-31(30(22-28)25-44(4)36(46)23-29-13-7-9-15-33(29)40)32-14-8-10-16-34(32)51(48,49)43-37-26(2)27(3)50-42-37/h7-10,13-16,18-19,22H,5-6,11-12,17,20-21,23-25H2,1-4H3,(H,42,43). The fourth-order valence-corrected chi connectivity index (χ4v) is 8.20. The number of rotatable bonds is 13. The average Bonchev–Trinajstić information content (AvgIpc) is 3.79. The molecule has 1 aliphatic carbocycles. The molecule has 0 unspecified atom stereocenters. The number of nitrogens with one attached hydrogen (secondary N) is 1. The van der Waals surface area contributed by atoms with E-state index in [0.717, 1.165) is 49.9 Å². The van der Waals surface area contributed by atoms with Crippen molar-refractivity contribution in [2.45, 2.75) is 95.7 Å². The lowest BCUT2D eigenvalue weighted by atomic mass is 9.95. The van der Waals surface area contributed by atoms with Crippen LogP contribution in [0.2, 0.25) is 0 Å². The van der Waals surface area contributed by atoms with Crippen LogP contribution in [0.15, 0.2) is 81.1 Å². The van der Waals surface area contributed by atoms with Gasteiger partial charge in [0.15, 0.2) is 5.82 Å². The van der Waals surface area contributed by atoms with Crippen molar-refractivity contribution < 1.29 is 26.9 Å². The van der Waals surface area contributed by atoms with Crippen LogP contribution < -0.4 is 4.72 Å². The van der Waals surface area contributed by atoms with Gasteiger partial charge < -0.3 is 9.42 Å². The SMILES string of the molecule is CCCCC1=NC2(CCCC2)C(=O)N1Cc1ccc(-c2ccccc2S(=O)(=O)Nc2noc(C)c2C)c(CN(C)C(=O)Cc2ccccc2F)c1. The van der Waals surface area contributed by atoms with E-state index in [2.05, 4.69) is 16.8 Å². The van der Waals surface area contributed by atoms with Crippen LogP contribution in [0.1, 0.15) is 79.9 Å². The van der Waals surface area contributed by atoms with Gasteiger partial charge in [0.05, 0.1) is 17.9 Å². The van der Waals surface area contributed by atoms with Crippen LogP contribution >= 0.6 is 0 Å². The average molecular weight is 714 g/mol. The highest BCUT2D eigenvalue weighted by atomic mass is 32.2. The summed E-state index contributed by atoms with van der Waals surface area (Å²) in [6.07, 6.45) is 5.94. The molecule has 1 saturated carbocycles. The third-order valence-electron chi connectivity index (χ3n) is 9.98. The zero-order chi connectivity index (χ0) is 36.3. The van der Waals surface area contributed by atoms with Crippen molar-refractivity contribution in [3.63, 3.8) is 0 Å². The maximum atomic E-state index is 14.5. The molecule has 1 spiro atoms. The highest BCUT2D eigenvalue weighted by molar-refractivity contribution is 7.92. The van der Waals surface area contributed by atoms with Crippen LogP contribution in [-0.4, -0.2) is 53.6 Å². The van der Waals surface area contributed by atoms with Crippen molar-refractivity contribution in [2.24, 2.45) is 4.99 Å². The predicted octanol–water partition coefficient (Wildman–Crippen LogP) is 7.34. The molecule has 2 aliphatic rings. The molecular weight excluding hydrogens is 670 g/mol. The quantitative estimate of drug-likeness (QED) is 0.155. The summed E-state index contributed by atoms with van der Waals surface area (Å²) >= 11 is 0. The van der Waals surface area contributed by atoms with Gasteiger partial charge in [0.1, 0.15) is 23.0 Å². The van der Waals surface area contributed by atoms with Gasteiger partial charge in [0, 0.05) is 31.1 Å². The number of anilines is 1. The van der Waals surface area contributed by atoms with Gasteiger partial charge in [0.2, 0.25) is 5.91 Å². The molecule has 0 saturated heterocycles. The van der Waals surface area contributed by atoms with Crippen molar-refractivity contribution in [3.8, 4) is 11.1 Å². The Morgan fingerprint density at radius 3 is 2.45 bits per heavy atom. The maximum Gasteiger partial charge on any atom is 0.263 e. The molecule has 0 radical (unpaired) electrons. The molecule has 1 fully saturated rings. The van der Waals surface area contributed by atoms with Gasteiger partial charge in [-0.15, -0.1) is 0 Å². The number of amides is 2. The van der Waals surface area contributed by atoms with E-state index in [-0.39, 0.29) is 41.1 Å². The van der Waals surface area contributed by atoms with Crippen LogP contribution in [0.4, 0.5) is 10.2 Å². The monoisotopic (exact) mass is 713 g/mol. The van der Waals surface area contributed by atoms with Gasteiger partial charge in [-0.1, -0.05) is 85.9 Å². The normalized spacial score (nSPS) is 15.4. The van der Waals surface area contributed by atoms with E-state index in [9.17, 15) is 22.4 Å². The summed E-state index contributed by atoms with van der Waals surface area (Å²) in [5.74, 6) is 0.694. The first-order chi connectivity index (χ1) is 24.4. The number of unbranched alkanes of at least 4 members (excludes halogenated alkanes) is 1. The minimum atomic E-state index is -4.14. The third kappa shape index (κ3) is 7.46. The molecule has 2 amide bonds. The zero-order valence-corrected chi connectivity index (χ0v) is 30.4. The maximum absolute atomic E-state index is 14.5. The Labute approximate surface area is 298 Å². The first-order valence-electron chi connectivity index (χ1n) is 17.5. The highest BCUT2D eigenvalue weighted by Crippen LogP contribution is 2.40. The molecular formula is C39H44FN5O5S. The highest BCUT2D eigenvalue weighted by Gasteiger charge is 2.49. The minimum absolute atomic E-state index is 0.0197. The number of aliphatic imine (C=N–C) groups is 1. The molecule has 268 valence electrons. The first-order valence-corrected chi connectivity index (χ1v) is 19.0. The molecule has 12 heteroatoms. The Balaban J connectivity index is 1.37. The van der Waals surface area contributed by atoms with E-state index in [1.165, 1.54) is 17.0 Å². The smallest absolute Gasteiger partial charge is 0.263 e. The molecule has 1 aromatic heterocycles. The summed E-state index contributed by atoms with van der Waals surface area (Å²) in [5, 5.41) is 3.88. The molecule has 1 N–H and O–H groups in total. The zero-order valence-electron chi connectivity index (χ0n) is 29.5. The van der Waals surface area contributed by atoms with Gasteiger partial charge in [-0.2, -0.15) is 0 Å². The van der Waals surface area contributed by atoms with Gasteiger partial charge in [-0.3, -0.25) is 24.2 Å². The van der Waals surface area contributed by atoms with Crippen molar-refractivity contribution in [2.75, 3.05) is 11.8 Å². The van der Waals surface area contributed by atoms with Gasteiger partial charge >= 0.3 is 0 Å². The summed E-state index contributed by atoms with van der Waals surface area (Å²) in [7, 11) is -2.50. The second kappa shape index (κ2) is 14.8. The number of sulfonamides is 1. The topological polar surface area (TPSA) is 125 Å². The summed E-state index contributed by atoms with van der Waals surface area (Å²) in [6, 6.07) is 18.5. The number of aromatic nitrogens is 1. The van der Waals surface area contributed by atoms with Crippen molar-refractivity contribution in [3.05, 3.63) is 101 Å². The summed E-state index contributed by atoms with van der Waals surface area (Å²) in [5.41, 5.74) is 2.70. The van der Waals surface area contributed by atoms with Crippen LogP contribution in [-0.2, 0) is 39.1 Å². The van der Waals surface area contributed by atoms with Crippen LogP contribution in [0, 0.1) is 19.7 Å².